The van der Waals surface area contributed by atoms with E-state index in [0.29, 0.717) is 60.4 Å². The zero-order chi connectivity index (χ0) is 25.2. The van der Waals surface area contributed by atoms with Gasteiger partial charge in [-0.2, -0.15) is 0 Å². The molecule has 0 saturated carbocycles. The first-order chi connectivity index (χ1) is 17.5. The van der Waals surface area contributed by atoms with Gasteiger partial charge in [0.1, 0.15) is 30.5 Å². The number of ether oxygens (including phenoxy) is 4. The number of amides is 1. The van der Waals surface area contributed by atoms with E-state index >= 15 is 0 Å². The van der Waals surface area contributed by atoms with E-state index in [2.05, 4.69) is 4.90 Å². The zero-order valence-corrected chi connectivity index (χ0v) is 20.5. The summed E-state index contributed by atoms with van der Waals surface area (Å²) < 4.78 is 22.3. The summed E-state index contributed by atoms with van der Waals surface area (Å²) in [5.74, 6) is 0.418. The number of Topliss-reactive ketones (excluding diaryl/α,β-unsaturated/α-hetero) is 1. The molecule has 3 heterocycles. The molecule has 1 atom stereocenters. The number of hydrogen-bond donors (Lipinski definition) is 1. The van der Waals surface area contributed by atoms with Crippen LogP contribution in [0.3, 0.4) is 0 Å². The highest BCUT2D eigenvalue weighted by Gasteiger charge is 2.47. The average Bonchev–Trinajstić information content (AvgIpc) is 3.52. The van der Waals surface area contributed by atoms with Crippen molar-refractivity contribution >= 4 is 17.4 Å². The predicted molar refractivity (Wildman–Crippen MR) is 132 cm³/mol. The van der Waals surface area contributed by atoms with Crippen molar-refractivity contribution in [2.24, 2.45) is 0 Å². The molecule has 0 aromatic heterocycles. The topological polar surface area (TPSA) is 97.8 Å². The molecular formula is C27H30N2O7. The molecule has 0 radical (unpaired) electrons. The summed E-state index contributed by atoms with van der Waals surface area (Å²) in [7, 11) is 3.08. The van der Waals surface area contributed by atoms with Crippen molar-refractivity contribution in [2.45, 2.75) is 18.9 Å². The number of benzene rings is 2. The minimum absolute atomic E-state index is 0.00431. The van der Waals surface area contributed by atoms with E-state index in [1.54, 1.807) is 43.5 Å². The van der Waals surface area contributed by atoms with Crippen LogP contribution in [0.4, 0.5) is 0 Å². The molecule has 3 aliphatic heterocycles. The number of carbonyl (C=O) groups excluding carboxylic acids is 2. The van der Waals surface area contributed by atoms with E-state index in [-0.39, 0.29) is 11.3 Å². The third-order valence-electron chi connectivity index (χ3n) is 6.94. The molecule has 36 heavy (non-hydrogen) atoms. The first-order valence-corrected chi connectivity index (χ1v) is 12.1. The molecule has 2 aromatic carbocycles. The lowest BCUT2D eigenvalue weighted by atomic mass is 9.94. The maximum atomic E-state index is 13.4. The van der Waals surface area contributed by atoms with Crippen LogP contribution in [0.25, 0.3) is 5.76 Å². The molecule has 1 amide bonds. The van der Waals surface area contributed by atoms with Crippen LogP contribution in [-0.2, 0) is 9.59 Å². The molecule has 190 valence electrons. The van der Waals surface area contributed by atoms with Gasteiger partial charge in [0, 0.05) is 24.2 Å². The van der Waals surface area contributed by atoms with Gasteiger partial charge in [0.15, 0.2) is 11.5 Å². The Morgan fingerprint density at radius 1 is 0.972 bits per heavy atom. The summed E-state index contributed by atoms with van der Waals surface area (Å²) in [6.07, 6.45) is 2.24. The van der Waals surface area contributed by atoms with E-state index in [4.69, 9.17) is 18.9 Å². The van der Waals surface area contributed by atoms with Crippen LogP contribution in [0.2, 0.25) is 0 Å². The molecular weight excluding hydrogens is 464 g/mol. The summed E-state index contributed by atoms with van der Waals surface area (Å²) in [6, 6.07) is 9.36. The van der Waals surface area contributed by atoms with Gasteiger partial charge >= 0.3 is 0 Å². The van der Waals surface area contributed by atoms with E-state index < -0.39 is 17.7 Å². The van der Waals surface area contributed by atoms with Crippen molar-refractivity contribution in [1.82, 2.24) is 9.80 Å². The van der Waals surface area contributed by atoms with Gasteiger partial charge in [-0.25, -0.2) is 0 Å². The molecule has 1 N–H and O–H groups in total. The molecule has 2 fully saturated rings. The number of rotatable bonds is 7. The van der Waals surface area contributed by atoms with E-state index in [1.807, 2.05) is 0 Å². The number of aliphatic hydroxyl groups is 1. The molecule has 0 bridgehead atoms. The molecule has 2 saturated heterocycles. The maximum Gasteiger partial charge on any atom is 0.295 e. The molecule has 9 heteroatoms. The van der Waals surface area contributed by atoms with E-state index in [1.165, 1.54) is 12.0 Å². The van der Waals surface area contributed by atoms with Crippen LogP contribution in [-0.4, -0.2) is 80.2 Å². The van der Waals surface area contributed by atoms with Gasteiger partial charge in [-0.05, 0) is 62.3 Å². The predicted octanol–water partition coefficient (Wildman–Crippen LogP) is 2.99. The Kier molecular flexibility index (Phi) is 6.73. The fourth-order valence-corrected chi connectivity index (χ4v) is 5.09. The first kappa shape index (κ1) is 24.0. The lowest BCUT2D eigenvalue weighted by Crippen LogP contribution is -2.37. The number of aliphatic hydroxyl groups excluding tert-OH is 1. The fourth-order valence-electron chi connectivity index (χ4n) is 5.09. The van der Waals surface area contributed by atoms with E-state index in [9.17, 15) is 14.7 Å². The van der Waals surface area contributed by atoms with Gasteiger partial charge in [0.25, 0.3) is 11.7 Å². The summed E-state index contributed by atoms with van der Waals surface area (Å²) in [4.78, 5) is 30.5. The van der Waals surface area contributed by atoms with Crippen LogP contribution < -0.4 is 18.9 Å². The second-order valence-electron chi connectivity index (χ2n) is 9.01. The number of hydrogen-bond acceptors (Lipinski definition) is 8. The van der Waals surface area contributed by atoms with Gasteiger partial charge in [0.05, 0.1) is 25.8 Å². The van der Waals surface area contributed by atoms with Crippen molar-refractivity contribution in [3.63, 3.8) is 0 Å². The van der Waals surface area contributed by atoms with Gasteiger partial charge < -0.3 is 33.9 Å². The van der Waals surface area contributed by atoms with Gasteiger partial charge in [-0.1, -0.05) is 0 Å². The van der Waals surface area contributed by atoms with Crippen molar-refractivity contribution in [2.75, 3.05) is 53.6 Å². The Bertz CT molecular complexity index is 1200. The van der Waals surface area contributed by atoms with Crippen molar-refractivity contribution in [1.29, 1.82) is 0 Å². The monoisotopic (exact) mass is 494 g/mol. The number of fused-ring (bicyclic) bond motifs is 1. The third kappa shape index (κ3) is 4.35. The Balaban J connectivity index is 1.62. The van der Waals surface area contributed by atoms with Crippen molar-refractivity contribution in [3.05, 3.63) is 53.1 Å². The summed E-state index contributed by atoms with van der Waals surface area (Å²) in [6.45, 7) is 3.74. The van der Waals surface area contributed by atoms with Crippen molar-refractivity contribution in [3.8, 4) is 23.0 Å². The first-order valence-electron chi connectivity index (χ1n) is 12.1. The second-order valence-corrected chi connectivity index (χ2v) is 9.01. The number of likely N-dealkylation sites (tertiary alicyclic amines) is 2. The SMILES string of the molecule is COc1ccc(OC)c(C2/C(=C(\O)c3ccc4c(c3)OCCO4)C(=O)C(=O)N2CCN2CCCC2)c1. The van der Waals surface area contributed by atoms with Crippen LogP contribution in [0, 0.1) is 0 Å². The van der Waals surface area contributed by atoms with Gasteiger partial charge in [-0.15, -0.1) is 0 Å². The summed E-state index contributed by atoms with van der Waals surface area (Å²) in [5.41, 5.74) is 0.935. The fraction of sp³-hybridized carbons (Fsp3) is 0.407. The third-order valence-corrected chi connectivity index (χ3v) is 6.94. The van der Waals surface area contributed by atoms with Crippen LogP contribution in [0.5, 0.6) is 23.0 Å². The highest BCUT2D eigenvalue weighted by atomic mass is 16.6. The van der Waals surface area contributed by atoms with Crippen LogP contribution in [0.15, 0.2) is 42.0 Å². The highest BCUT2D eigenvalue weighted by Crippen LogP contribution is 2.44. The number of ketones is 1. The number of nitrogens with zero attached hydrogens (tertiary/aromatic N) is 2. The maximum absolute atomic E-state index is 13.4. The number of methoxy groups -OCH3 is 2. The Morgan fingerprint density at radius 3 is 2.44 bits per heavy atom. The molecule has 0 aliphatic carbocycles. The van der Waals surface area contributed by atoms with Crippen LogP contribution >= 0.6 is 0 Å². The average molecular weight is 495 g/mol. The summed E-state index contributed by atoms with van der Waals surface area (Å²) in [5, 5.41) is 11.4. The zero-order valence-electron chi connectivity index (χ0n) is 20.5. The molecule has 2 aromatic rings. The largest absolute Gasteiger partial charge is 0.507 e. The Labute approximate surface area is 209 Å². The highest BCUT2D eigenvalue weighted by molar-refractivity contribution is 6.46. The molecule has 9 nitrogen and oxygen atoms in total. The Morgan fingerprint density at radius 2 is 1.72 bits per heavy atom. The van der Waals surface area contributed by atoms with E-state index in [0.717, 1.165) is 25.9 Å². The molecule has 5 rings (SSSR count). The van der Waals surface area contributed by atoms with Crippen LogP contribution in [0.1, 0.15) is 30.0 Å². The lowest BCUT2D eigenvalue weighted by Gasteiger charge is -2.28. The summed E-state index contributed by atoms with van der Waals surface area (Å²) >= 11 is 0. The molecule has 1 unspecified atom stereocenters. The second kappa shape index (κ2) is 10.1. The lowest BCUT2D eigenvalue weighted by molar-refractivity contribution is -0.140. The standard InChI is InChI=1S/C27H30N2O7/c1-33-18-6-8-20(34-2)19(16-18)24-23(25(30)17-5-7-21-22(15-17)36-14-13-35-21)26(31)27(32)29(24)12-11-28-9-3-4-10-28/h5-8,15-16,24,30H,3-4,9-14H2,1-2H3/b25-23+. The minimum atomic E-state index is -0.842. The smallest absolute Gasteiger partial charge is 0.295 e. The molecule has 3 aliphatic rings. The van der Waals surface area contributed by atoms with Gasteiger partial charge in [-0.3, -0.25) is 9.59 Å². The quantitative estimate of drug-likeness (QED) is 0.357. The van der Waals surface area contributed by atoms with Gasteiger partial charge in [0.2, 0.25) is 0 Å². The normalized spacial score (nSPS) is 21.2. The number of carbonyl (C=O) groups is 2. The molecule has 0 spiro atoms. The Hall–Kier alpha value is -3.72. The van der Waals surface area contributed by atoms with Crippen molar-refractivity contribution < 1.29 is 33.6 Å². The minimum Gasteiger partial charge on any atom is -0.507 e.